The zero-order valence-corrected chi connectivity index (χ0v) is 12.1. The molecule has 2 unspecified atom stereocenters. The summed E-state index contributed by atoms with van der Waals surface area (Å²) in [5, 5.41) is 9.52. The van der Waals surface area contributed by atoms with Gasteiger partial charge >= 0.3 is 5.97 Å². The molecule has 0 radical (unpaired) electrons. The summed E-state index contributed by atoms with van der Waals surface area (Å²) in [6.45, 7) is 2.06. The summed E-state index contributed by atoms with van der Waals surface area (Å²) in [7, 11) is 0. The Morgan fingerprint density at radius 3 is 2.79 bits per heavy atom. The first-order chi connectivity index (χ1) is 9.02. The highest BCUT2D eigenvalue weighted by Gasteiger charge is 2.18. The van der Waals surface area contributed by atoms with Crippen LogP contribution in [0.3, 0.4) is 0 Å². The Hall–Kier alpha value is -1.06. The van der Waals surface area contributed by atoms with Gasteiger partial charge in [-0.2, -0.15) is 0 Å². The van der Waals surface area contributed by atoms with Crippen LogP contribution in [0.2, 0.25) is 5.02 Å². The number of benzene rings is 1. The fourth-order valence-electron chi connectivity index (χ4n) is 2.35. The Balaban J connectivity index is 2.39. The number of carboxylic acids is 1. The first-order valence-corrected chi connectivity index (χ1v) is 7.12. The summed E-state index contributed by atoms with van der Waals surface area (Å²) in [5.74, 6) is -0.545. The van der Waals surface area contributed by atoms with Crippen molar-refractivity contribution in [3.8, 4) is 0 Å². The molecule has 4 heteroatoms. The van der Waals surface area contributed by atoms with E-state index in [1.165, 1.54) is 5.56 Å². The average Bonchev–Trinajstić information content (AvgIpc) is 2.33. The molecule has 0 saturated heterocycles. The van der Waals surface area contributed by atoms with Crippen LogP contribution in [-0.2, 0) is 11.2 Å². The van der Waals surface area contributed by atoms with Crippen LogP contribution in [0.25, 0.3) is 0 Å². The minimum absolute atomic E-state index is 0.0513. The molecule has 0 aliphatic rings. The molecule has 0 aliphatic carbocycles. The highest BCUT2D eigenvalue weighted by Crippen LogP contribution is 2.19. The van der Waals surface area contributed by atoms with E-state index in [1.54, 1.807) is 0 Å². The first kappa shape index (κ1) is 16.0. The van der Waals surface area contributed by atoms with Crippen LogP contribution in [0.4, 0.5) is 0 Å². The van der Waals surface area contributed by atoms with Crippen LogP contribution in [0.1, 0.15) is 38.2 Å². The van der Waals surface area contributed by atoms with Crippen molar-refractivity contribution in [2.45, 2.75) is 45.1 Å². The van der Waals surface area contributed by atoms with Gasteiger partial charge in [0.15, 0.2) is 0 Å². The summed E-state index contributed by atoms with van der Waals surface area (Å²) in [5.41, 5.74) is 7.15. The Bertz CT molecular complexity index is 409. The Labute approximate surface area is 119 Å². The van der Waals surface area contributed by atoms with Gasteiger partial charge in [-0.25, -0.2) is 0 Å². The predicted octanol–water partition coefficient (Wildman–Crippen LogP) is 3.49. The van der Waals surface area contributed by atoms with Gasteiger partial charge in [0.25, 0.3) is 0 Å². The molecule has 0 fully saturated rings. The maximum atomic E-state index is 10.7. The SMILES string of the molecule is CCC(CCCc1cccc(Cl)c1)C(N)CC(=O)O. The molecule has 106 valence electrons. The zero-order valence-electron chi connectivity index (χ0n) is 11.3. The maximum Gasteiger partial charge on any atom is 0.304 e. The highest BCUT2D eigenvalue weighted by molar-refractivity contribution is 6.30. The van der Waals surface area contributed by atoms with Gasteiger partial charge < -0.3 is 10.8 Å². The molecule has 2 atom stereocenters. The van der Waals surface area contributed by atoms with Gasteiger partial charge in [-0.05, 0) is 42.9 Å². The summed E-state index contributed by atoms with van der Waals surface area (Å²) >= 11 is 5.94. The van der Waals surface area contributed by atoms with Crippen molar-refractivity contribution in [1.29, 1.82) is 0 Å². The number of aryl methyl sites for hydroxylation is 1. The third kappa shape index (κ3) is 6.08. The Morgan fingerprint density at radius 2 is 2.21 bits per heavy atom. The van der Waals surface area contributed by atoms with Crippen molar-refractivity contribution < 1.29 is 9.90 Å². The second kappa shape index (κ2) is 8.18. The average molecular weight is 284 g/mol. The summed E-state index contributed by atoms with van der Waals surface area (Å²) in [6, 6.07) is 7.60. The highest BCUT2D eigenvalue weighted by atomic mass is 35.5. The van der Waals surface area contributed by atoms with E-state index in [0.717, 1.165) is 30.7 Å². The minimum Gasteiger partial charge on any atom is -0.481 e. The second-order valence-electron chi connectivity index (χ2n) is 4.95. The van der Waals surface area contributed by atoms with Gasteiger partial charge in [0.05, 0.1) is 6.42 Å². The zero-order chi connectivity index (χ0) is 14.3. The number of hydrogen-bond acceptors (Lipinski definition) is 2. The number of halogens is 1. The largest absolute Gasteiger partial charge is 0.481 e. The van der Waals surface area contributed by atoms with E-state index in [1.807, 2.05) is 18.2 Å². The Kier molecular flexibility index (Phi) is 6.89. The molecule has 0 spiro atoms. The summed E-state index contributed by atoms with van der Waals surface area (Å²) in [6.07, 6.45) is 3.89. The van der Waals surface area contributed by atoms with Crippen LogP contribution in [0, 0.1) is 5.92 Å². The van der Waals surface area contributed by atoms with Crippen LogP contribution < -0.4 is 5.73 Å². The van der Waals surface area contributed by atoms with Crippen molar-refractivity contribution in [2.24, 2.45) is 11.7 Å². The molecule has 1 aromatic rings. The lowest BCUT2D eigenvalue weighted by molar-refractivity contribution is -0.137. The first-order valence-electron chi connectivity index (χ1n) is 6.74. The standard InChI is InChI=1S/C15H22ClNO2/c1-2-12(14(17)10-15(18)19)7-3-5-11-6-4-8-13(16)9-11/h4,6,8-9,12,14H,2-3,5,7,10,17H2,1H3,(H,18,19). The number of rotatable bonds is 8. The van der Waals surface area contributed by atoms with E-state index in [4.69, 9.17) is 22.4 Å². The molecule has 0 bridgehead atoms. The smallest absolute Gasteiger partial charge is 0.304 e. The lowest BCUT2D eigenvalue weighted by Gasteiger charge is -2.21. The molecule has 0 heterocycles. The van der Waals surface area contributed by atoms with E-state index in [2.05, 4.69) is 13.0 Å². The number of carbonyl (C=O) groups is 1. The van der Waals surface area contributed by atoms with Crippen molar-refractivity contribution in [2.75, 3.05) is 0 Å². The van der Waals surface area contributed by atoms with Crippen LogP contribution in [0.15, 0.2) is 24.3 Å². The fourth-order valence-corrected chi connectivity index (χ4v) is 2.56. The number of nitrogens with two attached hydrogens (primary N) is 1. The molecule has 1 aromatic carbocycles. The molecule has 0 amide bonds. The molecule has 0 aliphatic heterocycles. The molecule has 3 nitrogen and oxygen atoms in total. The normalized spacial score (nSPS) is 14.1. The topological polar surface area (TPSA) is 63.3 Å². The van der Waals surface area contributed by atoms with E-state index in [9.17, 15) is 4.79 Å². The van der Waals surface area contributed by atoms with Crippen molar-refractivity contribution >= 4 is 17.6 Å². The number of carboxylic acid groups (broad SMARTS) is 1. The molecular weight excluding hydrogens is 262 g/mol. The molecule has 0 saturated carbocycles. The van der Waals surface area contributed by atoms with Gasteiger partial charge in [0.1, 0.15) is 0 Å². The predicted molar refractivity (Wildman–Crippen MR) is 78.4 cm³/mol. The Morgan fingerprint density at radius 1 is 1.47 bits per heavy atom. The summed E-state index contributed by atoms with van der Waals surface area (Å²) < 4.78 is 0. The monoisotopic (exact) mass is 283 g/mol. The second-order valence-corrected chi connectivity index (χ2v) is 5.39. The van der Waals surface area contributed by atoms with Crippen molar-refractivity contribution in [1.82, 2.24) is 0 Å². The van der Waals surface area contributed by atoms with Gasteiger partial charge in [-0.1, -0.05) is 37.1 Å². The fraction of sp³-hybridized carbons (Fsp3) is 0.533. The van der Waals surface area contributed by atoms with Gasteiger partial charge in [0, 0.05) is 11.1 Å². The van der Waals surface area contributed by atoms with Crippen LogP contribution in [0.5, 0.6) is 0 Å². The number of aliphatic carboxylic acids is 1. The van der Waals surface area contributed by atoms with E-state index in [0.29, 0.717) is 0 Å². The van der Waals surface area contributed by atoms with Crippen LogP contribution in [-0.4, -0.2) is 17.1 Å². The van der Waals surface area contributed by atoms with Crippen molar-refractivity contribution in [3.05, 3.63) is 34.9 Å². The third-order valence-electron chi connectivity index (χ3n) is 3.47. The van der Waals surface area contributed by atoms with Crippen molar-refractivity contribution in [3.63, 3.8) is 0 Å². The molecule has 3 N–H and O–H groups in total. The third-order valence-corrected chi connectivity index (χ3v) is 3.70. The maximum absolute atomic E-state index is 10.7. The van der Waals surface area contributed by atoms with E-state index in [-0.39, 0.29) is 18.4 Å². The lowest BCUT2D eigenvalue weighted by atomic mass is 9.89. The van der Waals surface area contributed by atoms with Gasteiger partial charge in [-0.15, -0.1) is 0 Å². The summed E-state index contributed by atoms with van der Waals surface area (Å²) in [4.78, 5) is 10.7. The van der Waals surface area contributed by atoms with Crippen LogP contribution >= 0.6 is 11.6 Å². The lowest BCUT2D eigenvalue weighted by Crippen LogP contribution is -2.32. The molecule has 0 aromatic heterocycles. The molecule has 19 heavy (non-hydrogen) atoms. The minimum atomic E-state index is -0.819. The van der Waals surface area contributed by atoms with Gasteiger partial charge in [0.2, 0.25) is 0 Å². The van der Waals surface area contributed by atoms with Gasteiger partial charge in [-0.3, -0.25) is 4.79 Å². The number of hydrogen-bond donors (Lipinski definition) is 2. The molecular formula is C15H22ClNO2. The van der Waals surface area contributed by atoms with E-state index < -0.39 is 5.97 Å². The quantitative estimate of drug-likeness (QED) is 0.767. The van der Waals surface area contributed by atoms with E-state index >= 15 is 0 Å². The molecule has 1 rings (SSSR count).